The third-order valence-corrected chi connectivity index (χ3v) is 4.89. The lowest BCUT2D eigenvalue weighted by molar-refractivity contribution is 0.0963. The minimum absolute atomic E-state index is 0. The molecule has 6 nitrogen and oxygen atoms in total. The third-order valence-electron chi connectivity index (χ3n) is 4.89. The Bertz CT molecular complexity index is 835. The first-order valence-corrected chi connectivity index (χ1v) is 9.43. The molecule has 0 saturated carbocycles. The van der Waals surface area contributed by atoms with E-state index in [1.807, 2.05) is 18.2 Å². The Balaban J connectivity index is 0.00000300. The lowest BCUT2D eigenvalue weighted by atomic mass is 10.1. The summed E-state index contributed by atoms with van der Waals surface area (Å²) in [6.45, 7) is 3.75. The van der Waals surface area contributed by atoms with Crippen molar-refractivity contribution in [2.24, 2.45) is 10.7 Å². The molecule has 1 heterocycles. The van der Waals surface area contributed by atoms with E-state index in [2.05, 4.69) is 20.1 Å². The van der Waals surface area contributed by atoms with Gasteiger partial charge >= 0.3 is 0 Å². The molecule has 1 saturated heterocycles. The molecule has 2 aromatic carbocycles. The minimum atomic E-state index is -0.223. The van der Waals surface area contributed by atoms with E-state index in [0.717, 1.165) is 43.9 Å². The molecule has 1 aliphatic heterocycles. The number of nitrogens with zero attached hydrogens (tertiary/aromatic N) is 3. The maximum atomic E-state index is 13.1. The lowest BCUT2D eigenvalue weighted by Crippen LogP contribution is -2.51. The van der Waals surface area contributed by atoms with Gasteiger partial charge in [0, 0.05) is 51.0 Å². The number of amides is 1. The molecule has 0 bridgehead atoms. The Morgan fingerprint density at radius 1 is 1.14 bits per heavy atom. The molecule has 1 fully saturated rings. The fourth-order valence-corrected chi connectivity index (χ4v) is 3.26. The van der Waals surface area contributed by atoms with Crippen LogP contribution in [0.3, 0.4) is 0 Å². The van der Waals surface area contributed by atoms with Crippen LogP contribution in [0.4, 0.5) is 10.1 Å². The van der Waals surface area contributed by atoms with E-state index >= 15 is 0 Å². The molecular weight excluding hydrogens is 484 g/mol. The molecule has 0 radical (unpaired) electrons. The highest BCUT2D eigenvalue weighted by atomic mass is 127. The average Bonchev–Trinajstić information content (AvgIpc) is 2.74. The van der Waals surface area contributed by atoms with Gasteiger partial charge in [0.25, 0.3) is 5.91 Å². The molecular formula is C21H27FIN5O. The van der Waals surface area contributed by atoms with Crippen molar-refractivity contribution in [1.82, 2.24) is 10.2 Å². The van der Waals surface area contributed by atoms with Gasteiger partial charge in [-0.1, -0.05) is 12.1 Å². The van der Waals surface area contributed by atoms with E-state index in [1.54, 1.807) is 25.2 Å². The molecule has 1 aliphatic rings. The SMILES string of the molecule is CNC(=O)c1cccc(CCN=C(N)N2CCN(c3ccc(F)cc3)CC2)c1.I. The number of piperazine rings is 1. The van der Waals surface area contributed by atoms with Crippen molar-refractivity contribution in [2.75, 3.05) is 44.7 Å². The first kappa shape index (κ1) is 22.9. The van der Waals surface area contributed by atoms with Crippen molar-refractivity contribution >= 4 is 41.5 Å². The Kier molecular flexibility index (Phi) is 8.69. The van der Waals surface area contributed by atoms with Crippen molar-refractivity contribution in [3.63, 3.8) is 0 Å². The van der Waals surface area contributed by atoms with Crippen molar-refractivity contribution in [3.8, 4) is 0 Å². The van der Waals surface area contributed by atoms with Crippen molar-refractivity contribution in [1.29, 1.82) is 0 Å². The normalized spacial score (nSPS) is 14.3. The van der Waals surface area contributed by atoms with Crippen LogP contribution in [0.25, 0.3) is 0 Å². The summed E-state index contributed by atoms with van der Waals surface area (Å²) in [4.78, 5) is 20.5. The summed E-state index contributed by atoms with van der Waals surface area (Å²) in [7, 11) is 1.62. The van der Waals surface area contributed by atoms with Gasteiger partial charge in [-0.05, 0) is 48.4 Å². The first-order valence-electron chi connectivity index (χ1n) is 9.43. The molecule has 0 aromatic heterocycles. The fraction of sp³-hybridized carbons (Fsp3) is 0.333. The lowest BCUT2D eigenvalue weighted by Gasteiger charge is -2.36. The van der Waals surface area contributed by atoms with Crippen LogP contribution >= 0.6 is 24.0 Å². The van der Waals surface area contributed by atoms with Gasteiger partial charge in [-0.15, -0.1) is 24.0 Å². The molecule has 0 spiro atoms. The zero-order chi connectivity index (χ0) is 19.9. The van der Waals surface area contributed by atoms with Crippen LogP contribution < -0.4 is 16.0 Å². The van der Waals surface area contributed by atoms with Gasteiger partial charge in [-0.25, -0.2) is 4.39 Å². The van der Waals surface area contributed by atoms with Gasteiger partial charge < -0.3 is 20.9 Å². The number of halogens is 2. The van der Waals surface area contributed by atoms with Crippen LogP contribution in [-0.4, -0.2) is 56.5 Å². The van der Waals surface area contributed by atoms with E-state index in [0.29, 0.717) is 18.1 Å². The van der Waals surface area contributed by atoms with Crippen molar-refractivity contribution < 1.29 is 9.18 Å². The van der Waals surface area contributed by atoms with E-state index in [9.17, 15) is 9.18 Å². The Labute approximate surface area is 188 Å². The Hall–Kier alpha value is -2.36. The summed E-state index contributed by atoms with van der Waals surface area (Å²) >= 11 is 0. The molecule has 0 unspecified atom stereocenters. The number of aliphatic imine (C=N–C) groups is 1. The molecule has 2 aromatic rings. The number of guanidine groups is 1. The summed E-state index contributed by atoms with van der Waals surface area (Å²) in [5.74, 6) is 0.227. The predicted octanol–water partition coefficient (Wildman–Crippen LogP) is 2.48. The van der Waals surface area contributed by atoms with Gasteiger partial charge in [0.1, 0.15) is 5.82 Å². The number of hydrogen-bond donors (Lipinski definition) is 2. The van der Waals surface area contributed by atoms with Gasteiger partial charge in [-0.2, -0.15) is 0 Å². The largest absolute Gasteiger partial charge is 0.370 e. The topological polar surface area (TPSA) is 74.0 Å². The van der Waals surface area contributed by atoms with Crippen LogP contribution in [0.1, 0.15) is 15.9 Å². The quantitative estimate of drug-likeness (QED) is 0.368. The number of rotatable bonds is 5. The number of nitrogens with one attached hydrogen (secondary N) is 1. The van der Waals surface area contributed by atoms with E-state index in [-0.39, 0.29) is 35.7 Å². The minimum Gasteiger partial charge on any atom is -0.370 e. The molecule has 29 heavy (non-hydrogen) atoms. The van der Waals surface area contributed by atoms with Gasteiger partial charge in [0.2, 0.25) is 0 Å². The predicted molar refractivity (Wildman–Crippen MR) is 126 cm³/mol. The second-order valence-electron chi connectivity index (χ2n) is 6.72. The summed E-state index contributed by atoms with van der Waals surface area (Å²) < 4.78 is 13.1. The number of carbonyl (C=O) groups excluding carboxylic acids is 1. The fourth-order valence-electron chi connectivity index (χ4n) is 3.26. The summed E-state index contributed by atoms with van der Waals surface area (Å²) in [5, 5.41) is 2.63. The van der Waals surface area contributed by atoms with Crippen LogP contribution in [0.2, 0.25) is 0 Å². The molecule has 3 N–H and O–H groups in total. The summed E-state index contributed by atoms with van der Waals surface area (Å²) in [6, 6.07) is 14.1. The zero-order valence-electron chi connectivity index (χ0n) is 16.5. The second-order valence-corrected chi connectivity index (χ2v) is 6.72. The first-order chi connectivity index (χ1) is 13.6. The highest BCUT2D eigenvalue weighted by molar-refractivity contribution is 14.0. The Morgan fingerprint density at radius 3 is 2.48 bits per heavy atom. The molecule has 3 rings (SSSR count). The number of carbonyl (C=O) groups is 1. The van der Waals surface area contributed by atoms with Gasteiger partial charge in [0.05, 0.1) is 0 Å². The molecule has 1 amide bonds. The summed E-state index contributed by atoms with van der Waals surface area (Å²) in [5.41, 5.74) is 8.88. The van der Waals surface area contributed by atoms with Gasteiger partial charge in [0.15, 0.2) is 5.96 Å². The second kappa shape index (κ2) is 11.0. The molecule has 0 atom stereocenters. The third kappa shape index (κ3) is 6.31. The highest BCUT2D eigenvalue weighted by Gasteiger charge is 2.18. The van der Waals surface area contributed by atoms with Crippen LogP contribution in [0.15, 0.2) is 53.5 Å². The highest BCUT2D eigenvalue weighted by Crippen LogP contribution is 2.16. The molecule has 0 aliphatic carbocycles. The average molecular weight is 511 g/mol. The zero-order valence-corrected chi connectivity index (χ0v) is 18.8. The van der Waals surface area contributed by atoms with Crippen LogP contribution in [-0.2, 0) is 6.42 Å². The van der Waals surface area contributed by atoms with Gasteiger partial charge in [-0.3, -0.25) is 9.79 Å². The van der Waals surface area contributed by atoms with Crippen LogP contribution in [0, 0.1) is 5.82 Å². The number of nitrogens with two attached hydrogens (primary N) is 1. The monoisotopic (exact) mass is 511 g/mol. The Morgan fingerprint density at radius 2 is 1.83 bits per heavy atom. The smallest absolute Gasteiger partial charge is 0.251 e. The standard InChI is InChI=1S/C21H26FN5O.HI/c1-24-20(28)17-4-2-3-16(15-17)9-10-25-21(23)27-13-11-26(12-14-27)19-7-5-18(22)6-8-19;/h2-8,15H,9-14H2,1H3,(H2,23,25)(H,24,28);1H. The van der Waals surface area contributed by atoms with Crippen molar-refractivity contribution in [2.45, 2.75) is 6.42 Å². The van der Waals surface area contributed by atoms with Crippen LogP contribution in [0.5, 0.6) is 0 Å². The molecule has 8 heteroatoms. The number of benzene rings is 2. The number of anilines is 1. The summed E-state index contributed by atoms with van der Waals surface area (Å²) in [6.07, 6.45) is 0.723. The van der Waals surface area contributed by atoms with E-state index in [4.69, 9.17) is 5.73 Å². The van der Waals surface area contributed by atoms with E-state index < -0.39 is 0 Å². The maximum Gasteiger partial charge on any atom is 0.251 e. The van der Waals surface area contributed by atoms with E-state index in [1.165, 1.54) is 12.1 Å². The number of hydrogen-bond acceptors (Lipinski definition) is 3. The van der Waals surface area contributed by atoms with Crippen molar-refractivity contribution in [3.05, 3.63) is 65.5 Å². The molecule has 156 valence electrons. The maximum absolute atomic E-state index is 13.1.